The number of pyridine rings is 1. The maximum atomic E-state index is 6.04. The van der Waals surface area contributed by atoms with Gasteiger partial charge in [-0.3, -0.25) is 9.88 Å². The van der Waals surface area contributed by atoms with Crippen LogP contribution in [0.25, 0.3) is 22.4 Å². The van der Waals surface area contributed by atoms with Crippen molar-refractivity contribution >= 4 is 11.0 Å². The maximum Gasteiger partial charge on any atom is 0.153 e. The van der Waals surface area contributed by atoms with Crippen LogP contribution in [0.2, 0.25) is 0 Å². The number of aromatic nitrogens is 1. The van der Waals surface area contributed by atoms with Crippen molar-refractivity contribution in [3.05, 3.63) is 89.6 Å². The average Bonchev–Trinajstić information content (AvgIpc) is 3.09. The van der Waals surface area contributed by atoms with E-state index in [0.29, 0.717) is 0 Å². The monoisotopic (exact) mass is 354 g/mol. The van der Waals surface area contributed by atoms with Gasteiger partial charge in [0.25, 0.3) is 0 Å². The SMILES string of the molecule is c1ccc(Cc2ccc3oc(-c4ccc(CN5CCC5)cn4)cc3c2)cc1. The zero-order valence-electron chi connectivity index (χ0n) is 15.3. The summed E-state index contributed by atoms with van der Waals surface area (Å²) in [5, 5.41) is 1.13. The molecule has 1 saturated heterocycles. The Morgan fingerprint density at radius 1 is 0.852 bits per heavy atom. The molecule has 0 atom stereocenters. The Hall–Kier alpha value is -2.91. The molecule has 1 aliphatic heterocycles. The van der Waals surface area contributed by atoms with Crippen molar-refractivity contribution < 1.29 is 4.42 Å². The van der Waals surface area contributed by atoms with Crippen LogP contribution < -0.4 is 0 Å². The molecule has 1 fully saturated rings. The second-order valence-corrected chi connectivity index (χ2v) is 7.33. The van der Waals surface area contributed by atoms with E-state index < -0.39 is 0 Å². The van der Waals surface area contributed by atoms with E-state index in [1.807, 2.05) is 6.20 Å². The summed E-state index contributed by atoms with van der Waals surface area (Å²) < 4.78 is 6.04. The molecule has 0 amide bonds. The Morgan fingerprint density at radius 3 is 2.44 bits per heavy atom. The van der Waals surface area contributed by atoms with Gasteiger partial charge in [0.05, 0.1) is 0 Å². The van der Waals surface area contributed by atoms with E-state index in [2.05, 4.69) is 76.6 Å². The lowest BCUT2D eigenvalue weighted by Gasteiger charge is -2.30. The van der Waals surface area contributed by atoms with Crippen molar-refractivity contribution in [3.8, 4) is 11.5 Å². The first-order valence-electron chi connectivity index (χ1n) is 9.57. The summed E-state index contributed by atoms with van der Waals surface area (Å²) in [6, 6.07) is 23.3. The third-order valence-electron chi connectivity index (χ3n) is 5.26. The molecular formula is C24H22N2O. The molecule has 0 bridgehead atoms. The van der Waals surface area contributed by atoms with Crippen molar-refractivity contribution in [1.29, 1.82) is 0 Å². The lowest BCUT2D eigenvalue weighted by atomic mass is 10.0. The molecule has 3 nitrogen and oxygen atoms in total. The molecule has 134 valence electrons. The first kappa shape index (κ1) is 16.3. The van der Waals surface area contributed by atoms with E-state index >= 15 is 0 Å². The molecule has 0 saturated carbocycles. The van der Waals surface area contributed by atoms with Gasteiger partial charge in [-0.2, -0.15) is 0 Å². The Kier molecular flexibility index (Phi) is 4.23. The molecule has 1 aliphatic rings. The van der Waals surface area contributed by atoms with Gasteiger partial charge in [0.15, 0.2) is 5.76 Å². The minimum Gasteiger partial charge on any atom is -0.454 e. The van der Waals surface area contributed by atoms with Crippen molar-refractivity contribution in [2.45, 2.75) is 19.4 Å². The Labute approximate surface area is 159 Å². The molecule has 5 rings (SSSR count). The molecule has 3 heterocycles. The van der Waals surface area contributed by atoms with Gasteiger partial charge in [0.2, 0.25) is 0 Å². The summed E-state index contributed by atoms with van der Waals surface area (Å²) in [6.07, 6.45) is 4.22. The van der Waals surface area contributed by atoms with E-state index in [9.17, 15) is 0 Å². The van der Waals surface area contributed by atoms with Crippen LogP contribution >= 0.6 is 0 Å². The van der Waals surface area contributed by atoms with Gasteiger partial charge in [-0.15, -0.1) is 0 Å². The van der Waals surface area contributed by atoms with E-state index in [-0.39, 0.29) is 0 Å². The van der Waals surface area contributed by atoms with Crippen molar-refractivity contribution in [3.63, 3.8) is 0 Å². The largest absolute Gasteiger partial charge is 0.454 e. The number of furan rings is 1. The number of fused-ring (bicyclic) bond motifs is 1. The minimum absolute atomic E-state index is 0.831. The predicted molar refractivity (Wildman–Crippen MR) is 109 cm³/mol. The van der Waals surface area contributed by atoms with Crippen LogP contribution in [0.4, 0.5) is 0 Å². The average molecular weight is 354 g/mol. The highest BCUT2D eigenvalue weighted by molar-refractivity contribution is 5.83. The standard InChI is InChI=1S/C24H22N2O/c1-2-5-18(6-3-1)13-19-8-10-23-21(14-19)15-24(27-23)22-9-7-20(16-25-22)17-26-11-4-12-26/h1-3,5-10,14-16H,4,11-13,17H2. The topological polar surface area (TPSA) is 29.3 Å². The van der Waals surface area contributed by atoms with Gasteiger partial charge in [0.1, 0.15) is 11.3 Å². The van der Waals surface area contributed by atoms with E-state index in [1.165, 1.54) is 36.2 Å². The number of rotatable bonds is 5. The number of likely N-dealkylation sites (tertiary alicyclic amines) is 1. The van der Waals surface area contributed by atoms with E-state index in [0.717, 1.165) is 35.4 Å². The van der Waals surface area contributed by atoms with E-state index in [1.54, 1.807) is 0 Å². The normalized spacial score (nSPS) is 14.4. The van der Waals surface area contributed by atoms with Crippen LogP contribution in [-0.2, 0) is 13.0 Å². The summed E-state index contributed by atoms with van der Waals surface area (Å²) in [4.78, 5) is 7.06. The number of hydrogen-bond donors (Lipinski definition) is 0. The summed E-state index contributed by atoms with van der Waals surface area (Å²) >= 11 is 0. The second kappa shape index (κ2) is 7.01. The molecule has 0 spiro atoms. The Morgan fingerprint density at radius 2 is 1.70 bits per heavy atom. The van der Waals surface area contributed by atoms with Crippen molar-refractivity contribution in [2.75, 3.05) is 13.1 Å². The fraction of sp³-hybridized carbons (Fsp3) is 0.208. The summed E-state index contributed by atoms with van der Waals surface area (Å²) in [5.41, 5.74) is 5.68. The fourth-order valence-corrected chi connectivity index (χ4v) is 3.62. The highest BCUT2D eigenvalue weighted by Gasteiger charge is 2.14. The molecular weight excluding hydrogens is 332 g/mol. The molecule has 27 heavy (non-hydrogen) atoms. The quantitative estimate of drug-likeness (QED) is 0.487. The summed E-state index contributed by atoms with van der Waals surface area (Å²) in [5.74, 6) is 0.831. The molecule has 0 N–H and O–H groups in total. The highest BCUT2D eigenvalue weighted by Crippen LogP contribution is 2.28. The van der Waals surface area contributed by atoms with Crippen LogP contribution in [0.15, 0.2) is 77.3 Å². The third kappa shape index (κ3) is 3.51. The van der Waals surface area contributed by atoms with Gasteiger partial charge in [-0.1, -0.05) is 42.5 Å². The molecule has 4 aromatic rings. The molecule has 0 aliphatic carbocycles. The van der Waals surface area contributed by atoms with Gasteiger partial charge in [0, 0.05) is 18.1 Å². The predicted octanol–water partition coefficient (Wildman–Crippen LogP) is 5.29. The lowest BCUT2D eigenvalue weighted by Crippen LogP contribution is -2.36. The van der Waals surface area contributed by atoms with Crippen LogP contribution in [0, 0.1) is 0 Å². The highest BCUT2D eigenvalue weighted by atomic mass is 16.3. The molecule has 0 unspecified atom stereocenters. The lowest BCUT2D eigenvalue weighted by molar-refractivity contribution is 0.172. The Balaban J connectivity index is 1.37. The maximum absolute atomic E-state index is 6.04. The van der Waals surface area contributed by atoms with E-state index in [4.69, 9.17) is 4.42 Å². The van der Waals surface area contributed by atoms with Gasteiger partial charge in [-0.25, -0.2) is 0 Å². The first-order valence-corrected chi connectivity index (χ1v) is 9.57. The number of benzene rings is 2. The molecule has 2 aromatic carbocycles. The fourth-order valence-electron chi connectivity index (χ4n) is 3.62. The first-order chi connectivity index (χ1) is 13.3. The van der Waals surface area contributed by atoms with Crippen LogP contribution in [0.5, 0.6) is 0 Å². The zero-order valence-corrected chi connectivity index (χ0v) is 15.3. The van der Waals surface area contributed by atoms with Crippen LogP contribution in [0.3, 0.4) is 0 Å². The zero-order chi connectivity index (χ0) is 18.1. The van der Waals surface area contributed by atoms with Crippen LogP contribution in [-0.4, -0.2) is 23.0 Å². The van der Waals surface area contributed by atoms with Crippen molar-refractivity contribution in [2.24, 2.45) is 0 Å². The molecule has 0 radical (unpaired) electrons. The summed E-state index contributed by atoms with van der Waals surface area (Å²) in [6.45, 7) is 3.41. The summed E-state index contributed by atoms with van der Waals surface area (Å²) in [7, 11) is 0. The number of hydrogen-bond acceptors (Lipinski definition) is 3. The van der Waals surface area contributed by atoms with Crippen LogP contribution in [0.1, 0.15) is 23.1 Å². The van der Waals surface area contributed by atoms with Crippen molar-refractivity contribution in [1.82, 2.24) is 9.88 Å². The van der Waals surface area contributed by atoms with Gasteiger partial charge in [-0.05, 0) is 66.9 Å². The minimum atomic E-state index is 0.831. The Bertz CT molecular complexity index is 1050. The molecule has 3 heteroatoms. The van der Waals surface area contributed by atoms with Gasteiger partial charge >= 0.3 is 0 Å². The number of nitrogens with zero attached hydrogens (tertiary/aromatic N) is 2. The third-order valence-corrected chi connectivity index (χ3v) is 5.26. The second-order valence-electron chi connectivity index (χ2n) is 7.33. The smallest absolute Gasteiger partial charge is 0.153 e. The van der Waals surface area contributed by atoms with Gasteiger partial charge < -0.3 is 4.42 Å². The molecule has 2 aromatic heterocycles.